The van der Waals surface area contributed by atoms with Crippen molar-refractivity contribution in [1.82, 2.24) is 5.32 Å². The van der Waals surface area contributed by atoms with Crippen LogP contribution in [0.4, 0.5) is 4.39 Å². The molecule has 7 nitrogen and oxygen atoms in total. The number of rotatable bonds is 3. The molecule has 20 heavy (non-hydrogen) atoms. The second kappa shape index (κ2) is 4.89. The standard InChI is InChI=1S/C12H14FN5O2/c1-7-2-3-9(13)4-8(7)5-12(15)16-6-10(18(19)20)11(14)17-12/h2-4,6,16H,5,15H2,1H3,(H2,14,17). The Morgan fingerprint density at radius 1 is 1.55 bits per heavy atom. The van der Waals surface area contributed by atoms with Gasteiger partial charge in [0.2, 0.25) is 5.84 Å². The molecule has 1 aliphatic rings. The first-order valence-corrected chi connectivity index (χ1v) is 5.82. The van der Waals surface area contributed by atoms with Crippen LogP contribution in [0.25, 0.3) is 0 Å². The number of aliphatic imine (C=N–C) groups is 1. The Morgan fingerprint density at radius 2 is 2.25 bits per heavy atom. The molecule has 0 aliphatic carbocycles. The molecule has 0 saturated heterocycles. The van der Waals surface area contributed by atoms with E-state index in [4.69, 9.17) is 11.5 Å². The second-order valence-electron chi connectivity index (χ2n) is 4.60. The van der Waals surface area contributed by atoms with Gasteiger partial charge in [-0.1, -0.05) is 6.07 Å². The normalized spacial score (nSPS) is 21.8. The SMILES string of the molecule is Cc1ccc(F)cc1CC1(N)N=C(N)C([N+](=O)[O-])=CN1. The van der Waals surface area contributed by atoms with E-state index in [1.165, 1.54) is 12.1 Å². The van der Waals surface area contributed by atoms with Gasteiger partial charge in [-0.25, -0.2) is 9.38 Å². The fourth-order valence-electron chi connectivity index (χ4n) is 1.93. The molecular formula is C12H14FN5O2. The van der Waals surface area contributed by atoms with Gasteiger partial charge >= 0.3 is 5.70 Å². The Bertz CT molecular complexity index is 628. The highest BCUT2D eigenvalue weighted by Crippen LogP contribution is 2.18. The van der Waals surface area contributed by atoms with Crippen LogP contribution in [-0.4, -0.2) is 16.5 Å². The predicted octanol–water partition coefficient (Wildman–Crippen LogP) is 0.368. The van der Waals surface area contributed by atoms with Crippen LogP contribution in [-0.2, 0) is 6.42 Å². The molecule has 0 fully saturated rings. The number of amidine groups is 1. The highest BCUT2D eigenvalue weighted by atomic mass is 19.1. The minimum Gasteiger partial charge on any atom is -0.378 e. The van der Waals surface area contributed by atoms with Gasteiger partial charge in [0, 0.05) is 6.42 Å². The van der Waals surface area contributed by atoms with Gasteiger partial charge in [-0.15, -0.1) is 0 Å². The van der Waals surface area contributed by atoms with Crippen LogP contribution in [0.1, 0.15) is 11.1 Å². The number of halogens is 1. The van der Waals surface area contributed by atoms with E-state index in [1.807, 2.05) is 6.92 Å². The minimum absolute atomic E-state index is 0.152. The van der Waals surface area contributed by atoms with Gasteiger partial charge in [0.1, 0.15) is 5.82 Å². The lowest BCUT2D eigenvalue weighted by atomic mass is 10.0. The lowest BCUT2D eigenvalue weighted by Crippen LogP contribution is -2.55. The summed E-state index contributed by atoms with van der Waals surface area (Å²) < 4.78 is 13.2. The predicted molar refractivity (Wildman–Crippen MR) is 71.6 cm³/mol. The fraction of sp³-hybridized carbons (Fsp3) is 0.250. The van der Waals surface area contributed by atoms with Gasteiger partial charge in [-0.2, -0.15) is 0 Å². The van der Waals surface area contributed by atoms with Crippen molar-refractivity contribution in [3.8, 4) is 0 Å². The van der Waals surface area contributed by atoms with Crippen molar-refractivity contribution in [2.75, 3.05) is 0 Å². The molecule has 8 heteroatoms. The van der Waals surface area contributed by atoms with Crippen LogP contribution in [0.5, 0.6) is 0 Å². The van der Waals surface area contributed by atoms with Crippen LogP contribution < -0.4 is 16.8 Å². The maximum absolute atomic E-state index is 13.2. The third-order valence-electron chi connectivity index (χ3n) is 3.01. The zero-order chi connectivity index (χ0) is 14.9. The number of benzene rings is 1. The van der Waals surface area contributed by atoms with Crippen LogP contribution in [0.15, 0.2) is 35.1 Å². The van der Waals surface area contributed by atoms with Gasteiger partial charge in [0.25, 0.3) is 0 Å². The molecule has 0 amide bonds. The number of hydrogen-bond acceptors (Lipinski definition) is 6. The Morgan fingerprint density at radius 3 is 2.85 bits per heavy atom. The number of nitrogens with zero attached hydrogens (tertiary/aromatic N) is 2. The molecule has 0 bridgehead atoms. The van der Waals surface area contributed by atoms with E-state index >= 15 is 0 Å². The van der Waals surface area contributed by atoms with Crippen molar-refractivity contribution in [3.05, 3.63) is 57.2 Å². The molecule has 0 saturated carbocycles. The first-order valence-electron chi connectivity index (χ1n) is 5.82. The summed E-state index contributed by atoms with van der Waals surface area (Å²) in [4.78, 5) is 13.9. The summed E-state index contributed by atoms with van der Waals surface area (Å²) in [6, 6.07) is 4.32. The van der Waals surface area contributed by atoms with Crippen molar-refractivity contribution in [2.24, 2.45) is 16.5 Å². The highest BCUT2D eigenvalue weighted by Gasteiger charge is 2.32. The first-order chi connectivity index (χ1) is 9.31. The lowest BCUT2D eigenvalue weighted by molar-refractivity contribution is -0.416. The Hall–Kier alpha value is -2.48. The summed E-state index contributed by atoms with van der Waals surface area (Å²) in [5.41, 5.74) is 12.7. The van der Waals surface area contributed by atoms with E-state index in [0.717, 1.165) is 11.8 Å². The van der Waals surface area contributed by atoms with E-state index in [2.05, 4.69) is 10.3 Å². The molecule has 1 heterocycles. The zero-order valence-corrected chi connectivity index (χ0v) is 10.8. The molecule has 1 aliphatic heterocycles. The first kappa shape index (κ1) is 13.9. The fourth-order valence-corrected chi connectivity index (χ4v) is 1.93. The zero-order valence-electron chi connectivity index (χ0n) is 10.8. The van der Waals surface area contributed by atoms with Crippen LogP contribution in [0.3, 0.4) is 0 Å². The Balaban J connectivity index is 2.27. The van der Waals surface area contributed by atoms with Crippen molar-refractivity contribution in [1.29, 1.82) is 0 Å². The van der Waals surface area contributed by atoms with Crippen LogP contribution in [0.2, 0.25) is 0 Å². The second-order valence-corrected chi connectivity index (χ2v) is 4.60. The number of nitrogens with two attached hydrogens (primary N) is 2. The van der Waals surface area contributed by atoms with Crippen molar-refractivity contribution < 1.29 is 9.31 Å². The molecule has 1 aromatic carbocycles. The van der Waals surface area contributed by atoms with E-state index in [9.17, 15) is 14.5 Å². The number of aryl methyl sites for hydroxylation is 1. The maximum atomic E-state index is 13.2. The maximum Gasteiger partial charge on any atom is 0.326 e. The Kier molecular flexibility index (Phi) is 3.41. The number of nitro groups is 1. The van der Waals surface area contributed by atoms with E-state index in [0.29, 0.717) is 5.56 Å². The molecule has 1 aromatic rings. The summed E-state index contributed by atoms with van der Waals surface area (Å²) in [5, 5.41) is 13.3. The van der Waals surface area contributed by atoms with E-state index in [1.54, 1.807) is 6.07 Å². The summed E-state index contributed by atoms with van der Waals surface area (Å²) in [7, 11) is 0. The van der Waals surface area contributed by atoms with Gasteiger partial charge in [0.15, 0.2) is 5.79 Å². The summed E-state index contributed by atoms with van der Waals surface area (Å²) in [6.45, 7) is 1.81. The monoisotopic (exact) mass is 279 g/mol. The molecule has 0 spiro atoms. The van der Waals surface area contributed by atoms with Crippen molar-refractivity contribution >= 4 is 5.84 Å². The Labute approximate surface area is 114 Å². The van der Waals surface area contributed by atoms with Crippen molar-refractivity contribution in [2.45, 2.75) is 19.1 Å². The van der Waals surface area contributed by atoms with Crippen LogP contribution in [0, 0.1) is 22.9 Å². The molecule has 0 radical (unpaired) electrons. The summed E-state index contributed by atoms with van der Waals surface area (Å²) in [5.74, 6) is -1.98. The van der Waals surface area contributed by atoms with Gasteiger partial charge < -0.3 is 11.1 Å². The lowest BCUT2D eigenvalue weighted by Gasteiger charge is -2.28. The van der Waals surface area contributed by atoms with E-state index in [-0.39, 0.29) is 23.8 Å². The molecule has 0 aromatic heterocycles. The number of hydrogen-bond donors (Lipinski definition) is 3. The summed E-state index contributed by atoms with van der Waals surface area (Å²) in [6.07, 6.45) is 1.26. The molecular weight excluding hydrogens is 265 g/mol. The third kappa shape index (κ3) is 2.75. The molecule has 1 atom stereocenters. The molecule has 106 valence electrons. The molecule has 5 N–H and O–H groups in total. The van der Waals surface area contributed by atoms with E-state index < -0.39 is 10.7 Å². The minimum atomic E-state index is -1.33. The smallest absolute Gasteiger partial charge is 0.326 e. The topological polar surface area (TPSA) is 120 Å². The average Bonchev–Trinajstić information content (AvgIpc) is 2.33. The van der Waals surface area contributed by atoms with Gasteiger partial charge in [-0.05, 0) is 30.2 Å². The highest BCUT2D eigenvalue weighted by molar-refractivity contribution is 5.95. The summed E-state index contributed by atoms with van der Waals surface area (Å²) >= 11 is 0. The van der Waals surface area contributed by atoms with Gasteiger partial charge in [0.05, 0.1) is 11.1 Å². The quantitative estimate of drug-likeness (QED) is 0.545. The third-order valence-corrected chi connectivity index (χ3v) is 3.01. The van der Waals surface area contributed by atoms with Crippen molar-refractivity contribution in [3.63, 3.8) is 0 Å². The van der Waals surface area contributed by atoms with Gasteiger partial charge in [-0.3, -0.25) is 15.8 Å². The molecule has 1 unspecified atom stereocenters. The number of nitrogens with one attached hydrogen (secondary N) is 1. The van der Waals surface area contributed by atoms with Crippen LogP contribution >= 0.6 is 0 Å². The average molecular weight is 279 g/mol. The molecule has 2 rings (SSSR count). The largest absolute Gasteiger partial charge is 0.378 e.